The Balaban J connectivity index is 1.82. The van der Waals surface area contributed by atoms with Crippen LogP contribution in [-0.4, -0.2) is 30.5 Å². The van der Waals surface area contributed by atoms with Crippen LogP contribution in [-0.2, 0) is 9.53 Å². The number of carbonyl (C=O) groups is 2. The number of H-pyrrole nitrogens is 1. The number of hydrogen-bond acceptors (Lipinski definition) is 3. The van der Waals surface area contributed by atoms with Gasteiger partial charge in [0.05, 0.1) is 12.5 Å². The van der Waals surface area contributed by atoms with Gasteiger partial charge in [0.25, 0.3) is 5.91 Å². The zero-order chi connectivity index (χ0) is 17.1. The van der Waals surface area contributed by atoms with Gasteiger partial charge in [-0.15, -0.1) is 0 Å². The summed E-state index contributed by atoms with van der Waals surface area (Å²) >= 11 is 0. The van der Waals surface area contributed by atoms with Crippen molar-refractivity contribution in [2.24, 2.45) is 5.92 Å². The number of esters is 1. The molecule has 126 valence electrons. The largest absolute Gasteiger partial charge is 0.466 e. The van der Waals surface area contributed by atoms with Gasteiger partial charge in [0, 0.05) is 30.4 Å². The van der Waals surface area contributed by atoms with Crippen LogP contribution in [0.25, 0.3) is 0 Å². The summed E-state index contributed by atoms with van der Waals surface area (Å²) in [6.45, 7) is 2.23. The van der Waals surface area contributed by atoms with Gasteiger partial charge in [0.2, 0.25) is 0 Å². The Hall–Kier alpha value is -2.56. The Morgan fingerprint density at radius 3 is 2.58 bits per heavy atom. The third-order valence-corrected chi connectivity index (χ3v) is 4.77. The number of aromatic amines is 1. The van der Waals surface area contributed by atoms with Crippen LogP contribution in [0.5, 0.6) is 0 Å². The molecule has 0 bridgehead atoms. The fourth-order valence-electron chi connectivity index (χ4n) is 3.50. The zero-order valence-electron chi connectivity index (χ0n) is 13.9. The lowest BCUT2D eigenvalue weighted by Gasteiger charge is -2.43. The molecule has 0 radical (unpaired) electrons. The summed E-state index contributed by atoms with van der Waals surface area (Å²) in [7, 11) is 1.62. The number of ether oxygens (including phenoxy) is 1. The topological polar surface area (TPSA) is 71.2 Å². The lowest BCUT2D eigenvalue weighted by Crippen LogP contribution is -2.39. The number of carbonyl (C=O) groups excluding carboxylic acids is 2. The van der Waals surface area contributed by atoms with Crippen molar-refractivity contribution in [3.63, 3.8) is 0 Å². The molecule has 1 aromatic heterocycles. The fraction of sp³-hybridized carbons (Fsp3) is 0.368. The van der Waals surface area contributed by atoms with Crippen molar-refractivity contribution in [3.05, 3.63) is 59.4 Å². The molecule has 1 amide bonds. The van der Waals surface area contributed by atoms with Crippen LogP contribution in [0, 0.1) is 5.92 Å². The first kappa shape index (κ1) is 16.3. The Labute approximate surface area is 141 Å². The van der Waals surface area contributed by atoms with E-state index >= 15 is 0 Å². The molecule has 1 aromatic carbocycles. The van der Waals surface area contributed by atoms with Crippen LogP contribution < -0.4 is 5.32 Å². The first-order chi connectivity index (χ1) is 11.7. The van der Waals surface area contributed by atoms with E-state index in [9.17, 15) is 9.59 Å². The lowest BCUT2D eigenvalue weighted by atomic mass is 9.61. The molecular formula is C19H22N2O3. The average Bonchev–Trinajstić information content (AvgIpc) is 3.08. The van der Waals surface area contributed by atoms with E-state index in [1.165, 1.54) is 0 Å². The molecule has 5 heteroatoms. The molecule has 1 heterocycles. The molecule has 3 rings (SSSR count). The standard InChI is InChI=1S/C19H22N2O3/c1-3-24-19(23)15-11-14(17(15)16-5-4-10-21-16)12-6-8-13(9-7-12)18(22)20-2/h4-10,14-15,17,21H,3,11H2,1-2H3,(H,20,22)/t14?,15-,17-/m0/s1. The predicted molar refractivity (Wildman–Crippen MR) is 90.8 cm³/mol. The minimum atomic E-state index is -0.129. The van der Waals surface area contributed by atoms with Crippen molar-refractivity contribution in [2.45, 2.75) is 25.2 Å². The first-order valence-electron chi connectivity index (χ1n) is 8.27. The van der Waals surface area contributed by atoms with Crippen LogP contribution in [0.2, 0.25) is 0 Å². The molecule has 0 spiro atoms. The highest BCUT2D eigenvalue weighted by atomic mass is 16.5. The van der Waals surface area contributed by atoms with Crippen molar-refractivity contribution in [3.8, 4) is 0 Å². The maximum absolute atomic E-state index is 12.2. The Bertz CT molecular complexity index is 707. The molecule has 5 nitrogen and oxygen atoms in total. The summed E-state index contributed by atoms with van der Waals surface area (Å²) in [5.41, 5.74) is 2.83. The quantitative estimate of drug-likeness (QED) is 0.830. The van der Waals surface area contributed by atoms with Crippen molar-refractivity contribution in [2.75, 3.05) is 13.7 Å². The number of nitrogens with one attached hydrogen (secondary N) is 2. The average molecular weight is 326 g/mol. The zero-order valence-corrected chi connectivity index (χ0v) is 13.9. The number of hydrogen-bond donors (Lipinski definition) is 2. The molecule has 1 aliphatic carbocycles. The van der Waals surface area contributed by atoms with Crippen LogP contribution in [0.3, 0.4) is 0 Å². The Morgan fingerprint density at radius 1 is 1.25 bits per heavy atom. The molecule has 0 aliphatic heterocycles. The maximum atomic E-state index is 12.2. The second-order valence-corrected chi connectivity index (χ2v) is 6.05. The van der Waals surface area contributed by atoms with E-state index in [2.05, 4.69) is 10.3 Å². The summed E-state index contributed by atoms with van der Waals surface area (Å²) in [4.78, 5) is 27.1. The second kappa shape index (κ2) is 6.91. The minimum absolute atomic E-state index is 0.0879. The summed E-state index contributed by atoms with van der Waals surface area (Å²) in [6.07, 6.45) is 2.64. The van der Waals surface area contributed by atoms with Crippen LogP contribution >= 0.6 is 0 Å². The second-order valence-electron chi connectivity index (χ2n) is 6.05. The minimum Gasteiger partial charge on any atom is -0.466 e. The van der Waals surface area contributed by atoms with Gasteiger partial charge in [-0.05, 0) is 49.1 Å². The van der Waals surface area contributed by atoms with Crippen LogP contribution in [0.15, 0.2) is 42.6 Å². The summed E-state index contributed by atoms with van der Waals surface area (Å²) in [5, 5.41) is 2.62. The van der Waals surface area contributed by atoms with Crippen molar-refractivity contribution >= 4 is 11.9 Å². The van der Waals surface area contributed by atoms with Gasteiger partial charge in [-0.2, -0.15) is 0 Å². The molecular weight excluding hydrogens is 304 g/mol. The van der Waals surface area contributed by atoms with Gasteiger partial charge in [-0.3, -0.25) is 9.59 Å². The van der Waals surface area contributed by atoms with E-state index in [4.69, 9.17) is 4.74 Å². The van der Waals surface area contributed by atoms with Gasteiger partial charge in [-0.1, -0.05) is 12.1 Å². The van der Waals surface area contributed by atoms with E-state index in [-0.39, 0.29) is 29.6 Å². The molecule has 3 atom stereocenters. The fourth-order valence-corrected chi connectivity index (χ4v) is 3.50. The van der Waals surface area contributed by atoms with Crippen molar-refractivity contribution in [1.29, 1.82) is 0 Å². The van der Waals surface area contributed by atoms with Gasteiger partial charge < -0.3 is 15.0 Å². The first-order valence-corrected chi connectivity index (χ1v) is 8.27. The summed E-state index contributed by atoms with van der Waals surface area (Å²) in [6, 6.07) is 11.6. The molecule has 1 aliphatic rings. The third kappa shape index (κ3) is 2.94. The van der Waals surface area contributed by atoms with Crippen LogP contribution in [0.4, 0.5) is 0 Å². The third-order valence-electron chi connectivity index (χ3n) is 4.77. The number of benzene rings is 1. The van der Waals surface area contributed by atoms with Gasteiger partial charge >= 0.3 is 5.97 Å². The molecule has 2 N–H and O–H groups in total. The van der Waals surface area contributed by atoms with Crippen LogP contribution in [0.1, 0.15) is 46.8 Å². The number of aromatic nitrogens is 1. The normalized spacial score (nSPS) is 22.5. The predicted octanol–water partition coefficient (Wildman–Crippen LogP) is 2.82. The summed E-state index contributed by atoms with van der Waals surface area (Å²) < 4.78 is 5.22. The van der Waals surface area contributed by atoms with E-state index < -0.39 is 0 Å². The highest BCUT2D eigenvalue weighted by molar-refractivity contribution is 5.94. The number of amides is 1. The lowest BCUT2D eigenvalue weighted by molar-refractivity contribution is -0.153. The molecule has 24 heavy (non-hydrogen) atoms. The maximum Gasteiger partial charge on any atom is 0.309 e. The molecule has 1 unspecified atom stereocenters. The monoisotopic (exact) mass is 326 g/mol. The molecule has 1 saturated carbocycles. The Morgan fingerprint density at radius 2 is 2.00 bits per heavy atom. The summed E-state index contributed by atoms with van der Waals surface area (Å²) in [5.74, 6) is -0.00952. The van der Waals surface area contributed by atoms with Gasteiger partial charge in [0.15, 0.2) is 0 Å². The molecule has 2 aromatic rings. The Kier molecular flexibility index (Phi) is 4.69. The van der Waals surface area contributed by atoms with Crippen molar-refractivity contribution in [1.82, 2.24) is 10.3 Å². The van der Waals surface area contributed by atoms with E-state index in [1.807, 2.05) is 49.5 Å². The van der Waals surface area contributed by atoms with E-state index in [0.717, 1.165) is 17.7 Å². The highest BCUT2D eigenvalue weighted by Crippen LogP contribution is 2.53. The molecule has 1 fully saturated rings. The van der Waals surface area contributed by atoms with E-state index in [0.29, 0.717) is 12.2 Å². The SMILES string of the molecule is CCOC(=O)[C@H]1CC(c2ccc(C(=O)NC)cc2)[C@@H]1c1ccc[nH]1. The highest BCUT2D eigenvalue weighted by Gasteiger charge is 2.47. The van der Waals surface area contributed by atoms with Gasteiger partial charge in [-0.25, -0.2) is 0 Å². The van der Waals surface area contributed by atoms with E-state index in [1.54, 1.807) is 7.05 Å². The smallest absolute Gasteiger partial charge is 0.309 e. The number of rotatable bonds is 5. The molecule has 0 saturated heterocycles. The van der Waals surface area contributed by atoms with Gasteiger partial charge in [0.1, 0.15) is 0 Å². The van der Waals surface area contributed by atoms with Crippen molar-refractivity contribution < 1.29 is 14.3 Å².